The summed E-state index contributed by atoms with van der Waals surface area (Å²) in [5, 5.41) is 0. The fraction of sp³-hybridized carbons (Fsp3) is 0.188. The molecule has 1 heterocycles. The highest BCUT2D eigenvalue weighted by atomic mass is 16.4. The van der Waals surface area contributed by atoms with Crippen LogP contribution < -0.4 is 5.76 Å². The third-order valence-corrected chi connectivity index (χ3v) is 3.25. The van der Waals surface area contributed by atoms with Crippen LogP contribution in [-0.2, 0) is 6.54 Å². The summed E-state index contributed by atoms with van der Waals surface area (Å²) in [4.78, 5) is 11.9. The third kappa shape index (κ3) is 2.19. The molecule has 19 heavy (non-hydrogen) atoms. The standard InChI is InChI=1S/C16H15NO2/c1-11-4-3-5-13(8-11)10-17-14-7-6-12(2)9-15(14)19-16(17)18/h3-9H,10H2,1-2H3. The summed E-state index contributed by atoms with van der Waals surface area (Å²) in [5.74, 6) is -0.304. The van der Waals surface area contributed by atoms with E-state index in [0.29, 0.717) is 12.1 Å². The molecule has 3 heteroatoms. The van der Waals surface area contributed by atoms with Crippen LogP contribution in [0.4, 0.5) is 0 Å². The molecule has 0 aliphatic heterocycles. The maximum Gasteiger partial charge on any atom is 0.420 e. The van der Waals surface area contributed by atoms with Gasteiger partial charge >= 0.3 is 5.76 Å². The highest BCUT2D eigenvalue weighted by molar-refractivity contribution is 5.73. The van der Waals surface area contributed by atoms with Crippen molar-refractivity contribution in [3.05, 3.63) is 69.7 Å². The lowest BCUT2D eigenvalue weighted by atomic mass is 10.1. The number of nitrogens with zero attached hydrogens (tertiary/aromatic N) is 1. The first-order chi connectivity index (χ1) is 9.13. The van der Waals surface area contributed by atoms with Gasteiger partial charge in [-0.3, -0.25) is 4.57 Å². The highest BCUT2D eigenvalue weighted by Gasteiger charge is 2.09. The molecule has 0 radical (unpaired) electrons. The molecule has 0 bridgehead atoms. The summed E-state index contributed by atoms with van der Waals surface area (Å²) >= 11 is 0. The van der Waals surface area contributed by atoms with Gasteiger partial charge in [-0.1, -0.05) is 35.9 Å². The quantitative estimate of drug-likeness (QED) is 0.702. The van der Waals surface area contributed by atoms with Gasteiger partial charge in [0.25, 0.3) is 0 Å². The van der Waals surface area contributed by atoms with Crippen molar-refractivity contribution in [1.29, 1.82) is 0 Å². The maximum atomic E-state index is 11.9. The van der Waals surface area contributed by atoms with E-state index in [2.05, 4.69) is 6.07 Å². The Balaban J connectivity index is 2.10. The molecule has 0 N–H and O–H groups in total. The van der Waals surface area contributed by atoms with Crippen LogP contribution in [0.15, 0.2) is 51.7 Å². The maximum absolute atomic E-state index is 11.9. The van der Waals surface area contributed by atoms with Gasteiger partial charge in [0.1, 0.15) is 0 Å². The first-order valence-corrected chi connectivity index (χ1v) is 6.29. The number of hydrogen-bond acceptors (Lipinski definition) is 2. The van der Waals surface area contributed by atoms with Crippen molar-refractivity contribution in [3.63, 3.8) is 0 Å². The van der Waals surface area contributed by atoms with Crippen molar-refractivity contribution in [3.8, 4) is 0 Å². The van der Waals surface area contributed by atoms with Crippen molar-refractivity contribution in [2.45, 2.75) is 20.4 Å². The van der Waals surface area contributed by atoms with E-state index in [1.807, 2.05) is 50.2 Å². The predicted molar refractivity (Wildman–Crippen MR) is 75.5 cm³/mol. The zero-order valence-electron chi connectivity index (χ0n) is 11.0. The van der Waals surface area contributed by atoms with E-state index in [4.69, 9.17) is 4.42 Å². The number of hydrogen-bond donors (Lipinski definition) is 0. The van der Waals surface area contributed by atoms with E-state index >= 15 is 0 Å². The molecule has 0 atom stereocenters. The Morgan fingerprint density at radius 3 is 2.63 bits per heavy atom. The van der Waals surface area contributed by atoms with Crippen LogP contribution in [0.25, 0.3) is 11.1 Å². The van der Waals surface area contributed by atoms with Crippen LogP contribution in [0.2, 0.25) is 0 Å². The molecular formula is C16H15NO2. The molecule has 0 saturated carbocycles. The number of aryl methyl sites for hydroxylation is 2. The minimum absolute atomic E-state index is 0.304. The van der Waals surface area contributed by atoms with Gasteiger partial charge in [0.15, 0.2) is 5.58 Å². The number of oxazole rings is 1. The number of rotatable bonds is 2. The summed E-state index contributed by atoms with van der Waals surface area (Å²) in [6, 6.07) is 14.0. The van der Waals surface area contributed by atoms with E-state index in [0.717, 1.165) is 16.6 Å². The SMILES string of the molecule is Cc1cccc(Cn2c(=O)oc3cc(C)ccc32)c1. The fourth-order valence-corrected chi connectivity index (χ4v) is 2.32. The molecule has 0 spiro atoms. The molecule has 3 nitrogen and oxygen atoms in total. The van der Waals surface area contributed by atoms with Crippen LogP contribution in [0.1, 0.15) is 16.7 Å². The molecule has 0 unspecified atom stereocenters. The lowest BCUT2D eigenvalue weighted by Crippen LogP contribution is -2.14. The lowest BCUT2D eigenvalue weighted by Gasteiger charge is -2.03. The van der Waals surface area contributed by atoms with Gasteiger partial charge in [-0.25, -0.2) is 4.79 Å². The van der Waals surface area contributed by atoms with Gasteiger partial charge in [-0.15, -0.1) is 0 Å². The van der Waals surface area contributed by atoms with Crippen LogP contribution in [0.5, 0.6) is 0 Å². The monoisotopic (exact) mass is 253 g/mol. The number of benzene rings is 2. The summed E-state index contributed by atoms with van der Waals surface area (Å²) in [6.07, 6.45) is 0. The molecule has 0 saturated heterocycles. The van der Waals surface area contributed by atoms with E-state index in [-0.39, 0.29) is 5.76 Å². The summed E-state index contributed by atoms with van der Waals surface area (Å²) in [6.45, 7) is 4.57. The average molecular weight is 253 g/mol. The molecule has 0 aliphatic carbocycles. The second-order valence-electron chi connectivity index (χ2n) is 4.91. The predicted octanol–water partition coefficient (Wildman–Crippen LogP) is 3.26. The zero-order valence-corrected chi connectivity index (χ0v) is 11.0. The average Bonchev–Trinajstić information content (AvgIpc) is 2.65. The van der Waals surface area contributed by atoms with Gasteiger partial charge < -0.3 is 4.42 Å². The Labute approximate surface area is 111 Å². The van der Waals surface area contributed by atoms with Crippen LogP contribution >= 0.6 is 0 Å². The minimum Gasteiger partial charge on any atom is -0.408 e. The normalized spacial score (nSPS) is 11.1. The Bertz CT molecular complexity index is 796. The Kier molecular flexibility index (Phi) is 2.75. The van der Waals surface area contributed by atoms with E-state index in [1.165, 1.54) is 5.56 Å². The van der Waals surface area contributed by atoms with Crippen molar-refractivity contribution in [2.75, 3.05) is 0 Å². The molecule has 2 aromatic carbocycles. The highest BCUT2D eigenvalue weighted by Crippen LogP contribution is 2.16. The zero-order chi connectivity index (χ0) is 13.4. The van der Waals surface area contributed by atoms with Gasteiger partial charge in [0.2, 0.25) is 0 Å². The summed E-state index contributed by atoms with van der Waals surface area (Å²) in [7, 11) is 0. The van der Waals surface area contributed by atoms with Gasteiger partial charge in [0.05, 0.1) is 12.1 Å². The smallest absolute Gasteiger partial charge is 0.408 e. The topological polar surface area (TPSA) is 35.1 Å². The number of aromatic nitrogens is 1. The van der Waals surface area contributed by atoms with Gasteiger partial charge in [0, 0.05) is 0 Å². The minimum atomic E-state index is -0.304. The van der Waals surface area contributed by atoms with E-state index < -0.39 is 0 Å². The van der Waals surface area contributed by atoms with Crippen LogP contribution in [0, 0.1) is 13.8 Å². The fourth-order valence-electron chi connectivity index (χ4n) is 2.32. The van der Waals surface area contributed by atoms with E-state index in [9.17, 15) is 4.79 Å². The van der Waals surface area contributed by atoms with Crippen molar-refractivity contribution >= 4 is 11.1 Å². The summed E-state index contributed by atoms with van der Waals surface area (Å²) in [5.41, 5.74) is 4.87. The van der Waals surface area contributed by atoms with Crippen molar-refractivity contribution < 1.29 is 4.42 Å². The van der Waals surface area contributed by atoms with Gasteiger partial charge in [-0.2, -0.15) is 0 Å². The molecule has 0 aliphatic rings. The molecule has 1 aromatic heterocycles. The third-order valence-electron chi connectivity index (χ3n) is 3.25. The van der Waals surface area contributed by atoms with Crippen LogP contribution in [0.3, 0.4) is 0 Å². The number of fused-ring (bicyclic) bond motifs is 1. The van der Waals surface area contributed by atoms with Gasteiger partial charge in [-0.05, 0) is 37.1 Å². The Hall–Kier alpha value is -2.29. The molecular weight excluding hydrogens is 238 g/mol. The molecule has 3 aromatic rings. The largest absolute Gasteiger partial charge is 0.420 e. The van der Waals surface area contributed by atoms with Crippen molar-refractivity contribution in [2.24, 2.45) is 0 Å². The Morgan fingerprint density at radius 1 is 1.05 bits per heavy atom. The van der Waals surface area contributed by atoms with E-state index in [1.54, 1.807) is 4.57 Å². The second kappa shape index (κ2) is 4.43. The first kappa shape index (κ1) is 11.8. The second-order valence-corrected chi connectivity index (χ2v) is 4.91. The first-order valence-electron chi connectivity index (χ1n) is 6.29. The molecule has 0 fully saturated rings. The lowest BCUT2D eigenvalue weighted by molar-refractivity contribution is 0.517. The molecule has 0 amide bonds. The molecule has 3 rings (SSSR count). The van der Waals surface area contributed by atoms with Crippen LogP contribution in [-0.4, -0.2) is 4.57 Å². The van der Waals surface area contributed by atoms with Crippen molar-refractivity contribution in [1.82, 2.24) is 4.57 Å². The summed E-state index contributed by atoms with van der Waals surface area (Å²) < 4.78 is 6.96. The Morgan fingerprint density at radius 2 is 1.84 bits per heavy atom. The molecule has 96 valence electrons.